The number of aliphatic hydroxyl groups excluding tert-OH is 1. The van der Waals surface area contributed by atoms with Crippen LogP contribution in [0.1, 0.15) is 12.0 Å². The molecule has 0 bridgehead atoms. The van der Waals surface area contributed by atoms with Crippen LogP contribution in [0, 0.1) is 0 Å². The van der Waals surface area contributed by atoms with Gasteiger partial charge in [-0.05, 0) is 23.8 Å². The van der Waals surface area contributed by atoms with E-state index in [1.165, 1.54) is 5.39 Å². The molecule has 1 N–H and O–H groups in total. The standard InChI is InChI=1S/C14H16O2/c1-16-14-12(6-4-10-15)9-8-11-5-2-3-7-13(11)14/h2-3,5,7-9,15H,4,6,10H2,1H3. The minimum absolute atomic E-state index is 0.218. The number of benzene rings is 2. The molecule has 2 nitrogen and oxygen atoms in total. The van der Waals surface area contributed by atoms with Gasteiger partial charge in [-0.2, -0.15) is 0 Å². The lowest BCUT2D eigenvalue weighted by Gasteiger charge is -2.11. The molecule has 0 spiro atoms. The Morgan fingerprint density at radius 2 is 1.94 bits per heavy atom. The average molecular weight is 216 g/mol. The molecule has 2 aromatic carbocycles. The zero-order valence-electron chi connectivity index (χ0n) is 9.44. The van der Waals surface area contributed by atoms with Crippen molar-refractivity contribution in [2.24, 2.45) is 0 Å². The van der Waals surface area contributed by atoms with Crippen molar-refractivity contribution in [3.8, 4) is 5.75 Å². The fraction of sp³-hybridized carbons (Fsp3) is 0.286. The second-order valence-corrected chi connectivity index (χ2v) is 3.81. The van der Waals surface area contributed by atoms with Crippen molar-refractivity contribution in [1.82, 2.24) is 0 Å². The van der Waals surface area contributed by atoms with Crippen LogP contribution in [-0.2, 0) is 6.42 Å². The van der Waals surface area contributed by atoms with Crippen LogP contribution in [0.25, 0.3) is 10.8 Å². The summed E-state index contributed by atoms with van der Waals surface area (Å²) in [6.45, 7) is 0.218. The highest BCUT2D eigenvalue weighted by atomic mass is 16.5. The minimum atomic E-state index is 0.218. The Morgan fingerprint density at radius 1 is 1.12 bits per heavy atom. The van der Waals surface area contributed by atoms with E-state index in [1.54, 1.807) is 7.11 Å². The molecule has 0 aliphatic heterocycles. The van der Waals surface area contributed by atoms with Crippen LogP contribution in [0.2, 0.25) is 0 Å². The normalized spacial score (nSPS) is 10.6. The third-order valence-corrected chi connectivity index (χ3v) is 2.77. The highest BCUT2D eigenvalue weighted by Crippen LogP contribution is 2.30. The number of hydrogen-bond acceptors (Lipinski definition) is 2. The molecule has 0 saturated carbocycles. The molecular formula is C14H16O2. The van der Waals surface area contributed by atoms with E-state index in [9.17, 15) is 0 Å². The number of rotatable bonds is 4. The van der Waals surface area contributed by atoms with Crippen LogP contribution in [0.3, 0.4) is 0 Å². The highest BCUT2D eigenvalue weighted by Gasteiger charge is 2.06. The molecule has 0 saturated heterocycles. The van der Waals surface area contributed by atoms with Gasteiger partial charge in [0.15, 0.2) is 0 Å². The van der Waals surface area contributed by atoms with Crippen molar-refractivity contribution >= 4 is 10.8 Å². The van der Waals surface area contributed by atoms with Crippen LogP contribution in [0.5, 0.6) is 5.75 Å². The maximum Gasteiger partial charge on any atom is 0.129 e. The second-order valence-electron chi connectivity index (χ2n) is 3.81. The summed E-state index contributed by atoms with van der Waals surface area (Å²) in [5.74, 6) is 0.937. The first-order valence-corrected chi connectivity index (χ1v) is 5.52. The summed E-state index contributed by atoms with van der Waals surface area (Å²) in [7, 11) is 1.70. The second kappa shape index (κ2) is 4.99. The van der Waals surface area contributed by atoms with E-state index in [1.807, 2.05) is 12.1 Å². The summed E-state index contributed by atoms with van der Waals surface area (Å²) in [5.41, 5.74) is 1.16. The van der Waals surface area contributed by atoms with E-state index in [2.05, 4.69) is 24.3 Å². The van der Waals surface area contributed by atoms with Gasteiger partial charge in [-0.15, -0.1) is 0 Å². The molecule has 0 heterocycles. The van der Waals surface area contributed by atoms with Gasteiger partial charge in [0.25, 0.3) is 0 Å². The fourth-order valence-corrected chi connectivity index (χ4v) is 2.00. The molecule has 0 atom stereocenters. The fourth-order valence-electron chi connectivity index (χ4n) is 2.00. The van der Waals surface area contributed by atoms with Crippen LogP contribution >= 0.6 is 0 Å². The average Bonchev–Trinajstić information content (AvgIpc) is 2.35. The van der Waals surface area contributed by atoms with Gasteiger partial charge in [0, 0.05) is 12.0 Å². The van der Waals surface area contributed by atoms with E-state index in [-0.39, 0.29) is 6.61 Å². The minimum Gasteiger partial charge on any atom is -0.496 e. The maximum absolute atomic E-state index is 8.86. The monoisotopic (exact) mass is 216 g/mol. The van der Waals surface area contributed by atoms with Gasteiger partial charge < -0.3 is 9.84 Å². The van der Waals surface area contributed by atoms with Crippen LogP contribution in [-0.4, -0.2) is 18.8 Å². The largest absolute Gasteiger partial charge is 0.496 e. The molecule has 2 rings (SSSR count). The zero-order valence-corrected chi connectivity index (χ0v) is 9.44. The van der Waals surface area contributed by atoms with Crippen molar-refractivity contribution in [2.75, 3.05) is 13.7 Å². The SMILES string of the molecule is COc1c(CCCO)ccc2ccccc12. The predicted octanol–water partition coefficient (Wildman–Crippen LogP) is 2.77. The molecule has 0 fully saturated rings. The van der Waals surface area contributed by atoms with Gasteiger partial charge in [0.2, 0.25) is 0 Å². The lowest BCUT2D eigenvalue weighted by atomic mass is 10.0. The molecule has 0 amide bonds. The summed E-state index contributed by atoms with van der Waals surface area (Å²) in [6.07, 6.45) is 1.62. The molecule has 16 heavy (non-hydrogen) atoms. The number of aliphatic hydroxyl groups is 1. The van der Waals surface area contributed by atoms with Crippen LogP contribution in [0.4, 0.5) is 0 Å². The first kappa shape index (κ1) is 11.0. The van der Waals surface area contributed by atoms with Crippen LogP contribution in [0.15, 0.2) is 36.4 Å². The van der Waals surface area contributed by atoms with Crippen molar-refractivity contribution < 1.29 is 9.84 Å². The van der Waals surface area contributed by atoms with Gasteiger partial charge in [0.1, 0.15) is 5.75 Å². The summed E-state index contributed by atoms with van der Waals surface area (Å²) >= 11 is 0. The third kappa shape index (κ3) is 2.02. The lowest BCUT2D eigenvalue weighted by molar-refractivity contribution is 0.288. The van der Waals surface area contributed by atoms with Gasteiger partial charge in [-0.25, -0.2) is 0 Å². The van der Waals surface area contributed by atoms with Crippen molar-refractivity contribution in [3.05, 3.63) is 42.0 Å². The van der Waals surface area contributed by atoms with Crippen LogP contribution < -0.4 is 4.74 Å². The molecule has 0 aromatic heterocycles. The van der Waals surface area contributed by atoms with Crippen molar-refractivity contribution in [1.29, 1.82) is 0 Å². The predicted molar refractivity (Wildman–Crippen MR) is 65.9 cm³/mol. The first-order chi connectivity index (χ1) is 7.86. The Hall–Kier alpha value is -1.54. The molecule has 0 radical (unpaired) electrons. The summed E-state index contributed by atoms with van der Waals surface area (Å²) < 4.78 is 5.47. The first-order valence-electron chi connectivity index (χ1n) is 5.52. The Balaban J connectivity index is 2.50. The van der Waals surface area contributed by atoms with E-state index >= 15 is 0 Å². The van der Waals surface area contributed by atoms with Gasteiger partial charge in [-0.1, -0.05) is 36.4 Å². The zero-order chi connectivity index (χ0) is 11.4. The van der Waals surface area contributed by atoms with E-state index in [0.29, 0.717) is 0 Å². The number of hydrogen-bond donors (Lipinski definition) is 1. The number of fused-ring (bicyclic) bond motifs is 1. The van der Waals surface area contributed by atoms with E-state index in [4.69, 9.17) is 9.84 Å². The van der Waals surface area contributed by atoms with Crippen molar-refractivity contribution in [3.63, 3.8) is 0 Å². The van der Waals surface area contributed by atoms with Gasteiger partial charge in [-0.3, -0.25) is 0 Å². The van der Waals surface area contributed by atoms with E-state index in [0.717, 1.165) is 29.5 Å². The van der Waals surface area contributed by atoms with Crippen molar-refractivity contribution in [2.45, 2.75) is 12.8 Å². The molecule has 0 aliphatic rings. The molecule has 84 valence electrons. The quantitative estimate of drug-likeness (QED) is 0.851. The Kier molecular flexibility index (Phi) is 3.42. The Bertz CT molecular complexity index is 477. The molecule has 0 unspecified atom stereocenters. The number of methoxy groups -OCH3 is 1. The smallest absolute Gasteiger partial charge is 0.129 e. The maximum atomic E-state index is 8.86. The summed E-state index contributed by atoms with van der Waals surface area (Å²) in [4.78, 5) is 0. The van der Waals surface area contributed by atoms with Gasteiger partial charge in [0.05, 0.1) is 7.11 Å². The Labute approximate surface area is 95.5 Å². The molecule has 0 aliphatic carbocycles. The third-order valence-electron chi connectivity index (χ3n) is 2.77. The molecule has 2 heteroatoms. The number of ether oxygens (including phenoxy) is 1. The summed E-state index contributed by atoms with van der Waals surface area (Å²) in [5, 5.41) is 11.2. The number of aryl methyl sites for hydroxylation is 1. The van der Waals surface area contributed by atoms with E-state index < -0.39 is 0 Å². The molecular weight excluding hydrogens is 200 g/mol. The summed E-state index contributed by atoms with van der Waals surface area (Å²) in [6, 6.07) is 12.4. The van der Waals surface area contributed by atoms with Gasteiger partial charge >= 0.3 is 0 Å². The lowest BCUT2D eigenvalue weighted by Crippen LogP contribution is -1.95. The topological polar surface area (TPSA) is 29.5 Å². The Morgan fingerprint density at radius 3 is 2.69 bits per heavy atom. The molecule has 2 aromatic rings. The highest BCUT2D eigenvalue weighted by molar-refractivity contribution is 5.89.